The van der Waals surface area contributed by atoms with E-state index in [4.69, 9.17) is 4.74 Å². The van der Waals surface area contributed by atoms with Gasteiger partial charge >= 0.3 is 6.01 Å². The molecule has 2 aromatic rings. The quantitative estimate of drug-likeness (QED) is 0.764. The van der Waals surface area contributed by atoms with Crippen LogP contribution in [0.1, 0.15) is 4.88 Å². The van der Waals surface area contributed by atoms with Gasteiger partial charge in [-0.3, -0.25) is 0 Å². The first-order valence-electron chi connectivity index (χ1n) is 3.34. The smallest absolute Gasteiger partial charge is 0.356 e. The van der Waals surface area contributed by atoms with E-state index in [9.17, 15) is 0 Å². The summed E-state index contributed by atoms with van der Waals surface area (Å²) in [5.41, 5.74) is 0. The van der Waals surface area contributed by atoms with E-state index in [0.29, 0.717) is 6.61 Å². The summed E-state index contributed by atoms with van der Waals surface area (Å²) in [4.78, 5) is 1.14. The Labute approximate surface area is 72.4 Å². The predicted octanol–water partition coefficient (Wildman–Crippen LogP) is 0.840. The molecule has 0 atom stereocenters. The number of thiophene rings is 1. The van der Waals surface area contributed by atoms with Crippen LogP contribution < -0.4 is 4.74 Å². The number of aromatic nitrogens is 4. The normalized spacial score (nSPS) is 10.0. The molecule has 0 fully saturated rings. The lowest BCUT2D eigenvalue weighted by Gasteiger charge is -1.95. The highest BCUT2D eigenvalue weighted by molar-refractivity contribution is 7.09. The number of nitrogens with zero attached hydrogens (tertiary/aromatic N) is 3. The fraction of sp³-hybridized carbons (Fsp3) is 0.167. The van der Waals surface area contributed by atoms with Crippen molar-refractivity contribution in [2.45, 2.75) is 6.61 Å². The summed E-state index contributed by atoms with van der Waals surface area (Å²) >= 11 is 1.63. The van der Waals surface area contributed by atoms with Crippen LogP contribution in [0.15, 0.2) is 17.5 Å². The van der Waals surface area contributed by atoms with Gasteiger partial charge in [0.15, 0.2) is 0 Å². The Morgan fingerprint density at radius 1 is 1.58 bits per heavy atom. The molecule has 2 aromatic heterocycles. The molecule has 1 N–H and O–H groups in total. The molecular formula is C6H6N4OS. The number of H-pyrrole nitrogens is 1. The molecule has 0 spiro atoms. The van der Waals surface area contributed by atoms with Gasteiger partial charge in [0.25, 0.3) is 0 Å². The second kappa shape index (κ2) is 3.31. The van der Waals surface area contributed by atoms with Crippen molar-refractivity contribution in [3.8, 4) is 6.01 Å². The minimum absolute atomic E-state index is 0.281. The van der Waals surface area contributed by atoms with Gasteiger partial charge in [-0.2, -0.15) is 5.21 Å². The zero-order valence-corrected chi connectivity index (χ0v) is 6.91. The van der Waals surface area contributed by atoms with Gasteiger partial charge in [-0.05, 0) is 16.7 Å². The first kappa shape index (κ1) is 7.23. The molecule has 0 aliphatic heterocycles. The van der Waals surface area contributed by atoms with Crippen molar-refractivity contribution in [1.82, 2.24) is 20.6 Å². The molecule has 0 amide bonds. The number of nitrogens with one attached hydrogen (secondary N) is 1. The van der Waals surface area contributed by atoms with Crippen molar-refractivity contribution >= 4 is 11.3 Å². The first-order chi connectivity index (χ1) is 5.95. The van der Waals surface area contributed by atoms with Crippen LogP contribution in [-0.2, 0) is 6.61 Å². The highest BCUT2D eigenvalue weighted by atomic mass is 32.1. The zero-order chi connectivity index (χ0) is 8.23. The molecule has 2 heterocycles. The Bertz CT molecular complexity index is 283. The molecule has 62 valence electrons. The van der Waals surface area contributed by atoms with Crippen molar-refractivity contribution in [2.24, 2.45) is 0 Å². The van der Waals surface area contributed by atoms with E-state index in [1.807, 2.05) is 17.5 Å². The van der Waals surface area contributed by atoms with E-state index in [1.165, 1.54) is 0 Å². The molecule has 0 unspecified atom stereocenters. The topological polar surface area (TPSA) is 63.7 Å². The van der Waals surface area contributed by atoms with E-state index in [-0.39, 0.29) is 6.01 Å². The van der Waals surface area contributed by atoms with Crippen molar-refractivity contribution in [2.75, 3.05) is 0 Å². The van der Waals surface area contributed by atoms with Crippen molar-refractivity contribution in [3.63, 3.8) is 0 Å². The van der Waals surface area contributed by atoms with Gasteiger partial charge < -0.3 is 4.74 Å². The summed E-state index contributed by atoms with van der Waals surface area (Å²) in [5.74, 6) is 0. The van der Waals surface area contributed by atoms with Crippen molar-refractivity contribution in [3.05, 3.63) is 22.4 Å². The molecule has 6 heteroatoms. The summed E-state index contributed by atoms with van der Waals surface area (Å²) in [7, 11) is 0. The van der Waals surface area contributed by atoms with Crippen LogP contribution in [0.3, 0.4) is 0 Å². The zero-order valence-electron chi connectivity index (χ0n) is 6.10. The maximum atomic E-state index is 5.18. The maximum Gasteiger partial charge on any atom is 0.356 e. The third-order valence-corrected chi connectivity index (χ3v) is 2.10. The predicted molar refractivity (Wildman–Crippen MR) is 42.8 cm³/mol. The number of rotatable bonds is 3. The highest BCUT2D eigenvalue weighted by Gasteiger charge is 1.98. The van der Waals surface area contributed by atoms with Gasteiger partial charge in [0.2, 0.25) is 0 Å². The van der Waals surface area contributed by atoms with Crippen LogP contribution >= 0.6 is 11.3 Å². The number of hydrogen-bond acceptors (Lipinski definition) is 5. The van der Waals surface area contributed by atoms with Crippen LogP contribution in [0.25, 0.3) is 0 Å². The van der Waals surface area contributed by atoms with Gasteiger partial charge in [0.1, 0.15) is 6.61 Å². The number of hydrogen-bond donors (Lipinski definition) is 1. The van der Waals surface area contributed by atoms with Gasteiger partial charge in [0.05, 0.1) is 0 Å². The third kappa shape index (κ3) is 1.59. The highest BCUT2D eigenvalue weighted by Crippen LogP contribution is 2.10. The van der Waals surface area contributed by atoms with Crippen LogP contribution in [0.4, 0.5) is 0 Å². The Balaban J connectivity index is 1.91. The van der Waals surface area contributed by atoms with Gasteiger partial charge in [0, 0.05) is 4.88 Å². The lowest BCUT2D eigenvalue weighted by atomic mass is 10.5. The third-order valence-electron chi connectivity index (χ3n) is 1.25. The van der Waals surface area contributed by atoms with E-state index in [0.717, 1.165) is 4.88 Å². The molecule has 5 nitrogen and oxygen atoms in total. The van der Waals surface area contributed by atoms with E-state index < -0.39 is 0 Å². The average molecular weight is 182 g/mol. The molecule has 0 bridgehead atoms. The van der Waals surface area contributed by atoms with Crippen molar-refractivity contribution < 1.29 is 4.74 Å². The van der Waals surface area contributed by atoms with E-state index >= 15 is 0 Å². The lowest BCUT2D eigenvalue weighted by Crippen LogP contribution is -1.94. The first-order valence-corrected chi connectivity index (χ1v) is 4.22. The fourth-order valence-electron chi connectivity index (χ4n) is 0.744. The molecule has 0 saturated heterocycles. The fourth-order valence-corrected chi connectivity index (χ4v) is 1.36. The van der Waals surface area contributed by atoms with Gasteiger partial charge in [-0.25, -0.2) is 0 Å². The molecule has 0 aromatic carbocycles. The molecule has 2 rings (SSSR count). The molecule has 0 aliphatic carbocycles. The minimum Gasteiger partial charge on any atom is -0.456 e. The Morgan fingerprint density at radius 2 is 2.58 bits per heavy atom. The SMILES string of the molecule is c1csc(COc2nn[nH]n2)c1. The largest absolute Gasteiger partial charge is 0.456 e. The van der Waals surface area contributed by atoms with E-state index in [1.54, 1.807) is 11.3 Å². The average Bonchev–Trinajstić information content (AvgIpc) is 2.74. The summed E-state index contributed by atoms with van der Waals surface area (Å²) < 4.78 is 5.18. The number of aromatic amines is 1. The summed E-state index contributed by atoms with van der Waals surface area (Å²) in [6, 6.07) is 4.24. The maximum absolute atomic E-state index is 5.18. The summed E-state index contributed by atoms with van der Waals surface area (Å²) in [6.45, 7) is 0.497. The van der Waals surface area contributed by atoms with Crippen LogP contribution in [0.5, 0.6) is 6.01 Å². The van der Waals surface area contributed by atoms with Gasteiger partial charge in [-0.1, -0.05) is 16.3 Å². The standard InChI is InChI=1S/C6H6N4OS/c1-2-5(12-3-1)4-11-6-7-9-10-8-6/h1-3H,4H2,(H,7,8,9,10). The van der Waals surface area contributed by atoms with E-state index in [2.05, 4.69) is 20.6 Å². The Hall–Kier alpha value is -1.43. The monoisotopic (exact) mass is 182 g/mol. The number of tetrazole rings is 1. The van der Waals surface area contributed by atoms with Crippen LogP contribution in [0.2, 0.25) is 0 Å². The summed E-state index contributed by atoms with van der Waals surface area (Å²) in [5, 5.41) is 15.0. The van der Waals surface area contributed by atoms with Crippen molar-refractivity contribution in [1.29, 1.82) is 0 Å². The minimum atomic E-state index is 0.281. The lowest BCUT2D eigenvalue weighted by molar-refractivity contribution is 0.284. The molecule has 0 saturated carbocycles. The van der Waals surface area contributed by atoms with Crippen LogP contribution in [0, 0.1) is 0 Å². The molecule has 0 radical (unpaired) electrons. The second-order valence-electron chi connectivity index (χ2n) is 2.06. The molecule has 0 aliphatic rings. The Kier molecular flexibility index (Phi) is 2.00. The van der Waals surface area contributed by atoms with Gasteiger partial charge in [-0.15, -0.1) is 11.3 Å². The second-order valence-corrected chi connectivity index (χ2v) is 3.09. The molecule has 12 heavy (non-hydrogen) atoms. The molecular weight excluding hydrogens is 176 g/mol. The number of ether oxygens (including phenoxy) is 1. The summed E-state index contributed by atoms with van der Waals surface area (Å²) in [6.07, 6.45) is 0. The Morgan fingerprint density at radius 3 is 3.25 bits per heavy atom. The van der Waals surface area contributed by atoms with Crippen LogP contribution in [-0.4, -0.2) is 20.6 Å².